The van der Waals surface area contributed by atoms with Gasteiger partial charge in [-0.15, -0.1) is 0 Å². The van der Waals surface area contributed by atoms with Crippen LogP contribution in [0, 0.1) is 0 Å². The van der Waals surface area contributed by atoms with Crippen LogP contribution in [0.1, 0.15) is 10.5 Å². The molecule has 82 valence electrons. The van der Waals surface area contributed by atoms with Gasteiger partial charge in [-0.1, -0.05) is 23.7 Å². The second-order valence-corrected chi connectivity index (χ2v) is 3.72. The molecule has 0 saturated heterocycles. The minimum absolute atomic E-state index is 0.134. The lowest BCUT2D eigenvalue weighted by Gasteiger charge is -2.04. The second-order valence-electron chi connectivity index (χ2n) is 3.31. The average Bonchev–Trinajstić information content (AvgIpc) is 2.61. The van der Waals surface area contributed by atoms with Gasteiger partial charge < -0.3 is 9.67 Å². The lowest BCUT2D eigenvalue weighted by atomic mass is 10.2. The van der Waals surface area contributed by atoms with E-state index in [2.05, 4.69) is 4.98 Å². The van der Waals surface area contributed by atoms with Crippen molar-refractivity contribution in [2.75, 3.05) is 0 Å². The second kappa shape index (κ2) is 3.98. The van der Waals surface area contributed by atoms with Gasteiger partial charge in [-0.3, -0.25) is 0 Å². The number of hydrogen-bond donors (Lipinski definition) is 1. The van der Waals surface area contributed by atoms with Crippen LogP contribution in [0.5, 0.6) is 0 Å². The summed E-state index contributed by atoms with van der Waals surface area (Å²) in [6.45, 7) is 0. The van der Waals surface area contributed by atoms with Gasteiger partial charge in [-0.05, 0) is 12.1 Å². The van der Waals surface area contributed by atoms with Gasteiger partial charge in [0.2, 0.25) is 0 Å². The molecule has 1 aromatic carbocycles. The van der Waals surface area contributed by atoms with Crippen molar-refractivity contribution in [3.63, 3.8) is 0 Å². The van der Waals surface area contributed by atoms with Gasteiger partial charge in [0.15, 0.2) is 0 Å². The van der Waals surface area contributed by atoms with E-state index in [0.29, 0.717) is 10.8 Å². The number of hydrogen-bond acceptors (Lipinski definition) is 2. The van der Waals surface area contributed by atoms with E-state index in [1.165, 1.54) is 10.8 Å². The summed E-state index contributed by atoms with van der Waals surface area (Å²) < 4.78 is 1.50. The van der Waals surface area contributed by atoms with E-state index in [-0.39, 0.29) is 5.69 Å². The molecule has 0 fully saturated rings. The number of aromatic carboxylic acids is 1. The molecule has 2 rings (SSSR count). The Labute approximate surface area is 97.1 Å². The van der Waals surface area contributed by atoms with Crippen LogP contribution >= 0.6 is 11.6 Å². The Balaban J connectivity index is 2.58. The van der Waals surface area contributed by atoms with Crippen LogP contribution in [0.2, 0.25) is 5.02 Å². The highest BCUT2D eigenvalue weighted by molar-refractivity contribution is 6.33. The van der Waals surface area contributed by atoms with Crippen molar-refractivity contribution in [2.24, 2.45) is 7.05 Å². The first-order valence-electron chi connectivity index (χ1n) is 4.61. The van der Waals surface area contributed by atoms with Crippen molar-refractivity contribution in [1.82, 2.24) is 9.55 Å². The minimum atomic E-state index is -1.01. The summed E-state index contributed by atoms with van der Waals surface area (Å²) in [4.78, 5) is 14.9. The molecule has 0 spiro atoms. The van der Waals surface area contributed by atoms with Crippen molar-refractivity contribution >= 4 is 17.6 Å². The maximum atomic E-state index is 10.9. The van der Waals surface area contributed by atoms with Crippen molar-refractivity contribution in [3.05, 3.63) is 41.2 Å². The fraction of sp³-hybridized carbons (Fsp3) is 0.0909. The number of nitrogens with zero attached hydrogens (tertiary/aromatic N) is 2. The standard InChI is InChI=1S/C11H9ClN2O2/c1-14-9(11(15)16)6-13-10(14)7-4-2-3-5-8(7)12/h2-6H,1H3,(H,15,16). The van der Waals surface area contributed by atoms with Crippen LogP contribution in [0.15, 0.2) is 30.5 Å². The van der Waals surface area contributed by atoms with E-state index in [0.717, 1.165) is 5.56 Å². The van der Waals surface area contributed by atoms with E-state index in [4.69, 9.17) is 16.7 Å². The first kappa shape index (κ1) is 10.7. The van der Waals surface area contributed by atoms with Gasteiger partial charge in [0.05, 0.1) is 11.2 Å². The minimum Gasteiger partial charge on any atom is -0.477 e. The largest absolute Gasteiger partial charge is 0.477 e. The summed E-state index contributed by atoms with van der Waals surface area (Å²) in [6.07, 6.45) is 1.32. The molecule has 4 nitrogen and oxygen atoms in total. The van der Waals surface area contributed by atoms with Crippen molar-refractivity contribution in [3.8, 4) is 11.4 Å². The molecule has 0 amide bonds. The molecule has 2 aromatic rings. The first-order valence-corrected chi connectivity index (χ1v) is 4.99. The molecule has 0 unspecified atom stereocenters. The summed E-state index contributed by atoms with van der Waals surface area (Å²) in [5.41, 5.74) is 0.856. The van der Waals surface area contributed by atoms with Gasteiger partial charge in [0.25, 0.3) is 0 Å². The predicted molar refractivity (Wildman–Crippen MR) is 60.6 cm³/mol. The van der Waals surface area contributed by atoms with Crippen LogP contribution in [0.4, 0.5) is 0 Å². The highest BCUT2D eigenvalue weighted by Gasteiger charge is 2.15. The summed E-state index contributed by atoms with van der Waals surface area (Å²) >= 11 is 6.02. The smallest absolute Gasteiger partial charge is 0.354 e. The highest BCUT2D eigenvalue weighted by Crippen LogP contribution is 2.26. The van der Waals surface area contributed by atoms with E-state index in [1.54, 1.807) is 19.2 Å². The third kappa shape index (κ3) is 1.67. The van der Waals surface area contributed by atoms with Crippen molar-refractivity contribution in [2.45, 2.75) is 0 Å². The van der Waals surface area contributed by atoms with Gasteiger partial charge in [-0.2, -0.15) is 0 Å². The lowest BCUT2D eigenvalue weighted by Crippen LogP contribution is -2.05. The molecule has 16 heavy (non-hydrogen) atoms. The number of imidazole rings is 1. The molecule has 0 radical (unpaired) electrons. The van der Waals surface area contributed by atoms with E-state index in [9.17, 15) is 4.79 Å². The summed E-state index contributed by atoms with van der Waals surface area (Å²) in [7, 11) is 1.65. The van der Waals surface area contributed by atoms with Gasteiger partial charge in [0.1, 0.15) is 11.5 Å². The number of benzene rings is 1. The Hall–Kier alpha value is -1.81. The SMILES string of the molecule is Cn1c(C(=O)O)cnc1-c1ccccc1Cl. The molecule has 0 aliphatic rings. The molecule has 0 aliphatic heterocycles. The number of carbonyl (C=O) groups is 1. The number of carboxylic acids is 1. The number of aromatic nitrogens is 2. The molecule has 0 bridgehead atoms. The topological polar surface area (TPSA) is 55.1 Å². The molecule has 1 aromatic heterocycles. The summed E-state index contributed by atoms with van der Waals surface area (Å²) in [5, 5.41) is 9.45. The summed E-state index contributed by atoms with van der Waals surface area (Å²) in [6, 6.07) is 7.19. The van der Waals surface area contributed by atoms with Crippen LogP contribution in [-0.2, 0) is 7.05 Å². The number of carboxylic acid groups (broad SMARTS) is 1. The average molecular weight is 237 g/mol. The Morgan fingerprint density at radius 3 is 2.69 bits per heavy atom. The molecular weight excluding hydrogens is 228 g/mol. The maximum absolute atomic E-state index is 10.9. The van der Waals surface area contributed by atoms with E-state index in [1.807, 2.05) is 12.1 Å². The monoisotopic (exact) mass is 236 g/mol. The normalized spacial score (nSPS) is 10.4. The molecular formula is C11H9ClN2O2. The van der Waals surface area contributed by atoms with Gasteiger partial charge in [0, 0.05) is 12.6 Å². The molecule has 5 heteroatoms. The fourth-order valence-corrected chi connectivity index (χ4v) is 1.72. The Morgan fingerprint density at radius 1 is 1.44 bits per heavy atom. The van der Waals surface area contributed by atoms with E-state index >= 15 is 0 Å². The number of halogens is 1. The lowest BCUT2D eigenvalue weighted by molar-refractivity contribution is 0.0686. The molecule has 0 aliphatic carbocycles. The van der Waals surface area contributed by atoms with E-state index < -0.39 is 5.97 Å². The quantitative estimate of drug-likeness (QED) is 0.871. The summed E-state index contributed by atoms with van der Waals surface area (Å²) in [5.74, 6) is -0.462. The Bertz CT molecular complexity index is 549. The molecule has 0 atom stereocenters. The van der Waals surface area contributed by atoms with Crippen LogP contribution in [0.3, 0.4) is 0 Å². The zero-order valence-corrected chi connectivity index (χ0v) is 9.27. The number of rotatable bonds is 2. The molecule has 0 saturated carbocycles. The van der Waals surface area contributed by atoms with Gasteiger partial charge in [-0.25, -0.2) is 9.78 Å². The van der Waals surface area contributed by atoms with Crippen LogP contribution < -0.4 is 0 Å². The Kier molecular flexibility index (Phi) is 2.66. The first-order chi connectivity index (χ1) is 7.61. The zero-order valence-electron chi connectivity index (χ0n) is 8.51. The highest BCUT2D eigenvalue weighted by atomic mass is 35.5. The van der Waals surface area contributed by atoms with Crippen LogP contribution in [-0.4, -0.2) is 20.6 Å². The van der Waals surface area contributed by atoms with Gasteiger partial charge >= 0.3 is 5.97 Å². The maximum Gasteiger partial charge on any atom is 0.354 e. The third-order valence-corrected chi connectivity index (χ3v) is 2.65. The molecule has 1 heterocycles. The fourth-order valence-electron chi connectivity index (χ4n) is 1.50. The third-order valence-electron chi connectivity index (χ3n) is 2.32. The zero-order chi connectivity index (χ0) is 11.7. The predicted octanol–water partition coefficient (Wildman–Crippen LogP) is 2.44. The Morgan fingerprint density at radius 2 is 2.12 bits per heavy atom. The van der Waals surface area contributed by atoms with Crippen LogP contribution in [0.25, 0.3) is 11.4 Å². The van der Waals surface area contributed by atoms with Crippen molar-refractivity contribution in [1.29, 1.82) is 0 Å². The molecule has 1 N–H and O–H groups in total. The van der Waals surface area contributed by atoms with Crippen molar-refractivity contribution < 1.29 is 9.90 Å².